The summed E-state index contributed by atoms with van der Waals surface area (Å²) in [6, 6.07) is -1.17. The van der Waals surface area contributed by atoms with Crippen molar-refractivity contribution in [1.29, 1.82) is 0 Å². The molecule has 8 N–H and O–H groups in total. The summed E-state index contributed by atoms with van der Waals surface area (Å²) in [4.78, 5) is 13.1. The quantitative estimate of drug-likeness (QED) is 0.0215. The van der Waals surface area contributed by atoms with Gasteiger partial charge < -0.3 is 50.5 Å². The van der Waals surface area contributed by atoms with Crippen LogP contribution in [-0.4, -0.2) is 110 Å². The van der Waals surface area contributed by atoms with Gasteiger partial charge in [0.15, 0.2) is 6.29 Å². The normalized spacial score (nSPS) is 20.4. The lowest BCUT2D eigenvalue weighted by molar-refractivity contribution is -0.303. The van der Waals surface area contributed by atoms with Gasteiger partial charge in [-0.1, -0.05) is 263 Å². The highest BCUT2D eigenvalue weighted by atomic mass is 16.7. The molecule has 0 radical (unpaired) electrons. The molecule has 0 aromatic heterocycles. The summed E-state index contributed by atoms with van der Waals surface area (Å²) in [5, 5.41) is 76.1. The summed E-state index contributed by atoms with van der Waals surface area (Å²) in [5.41, 5.74) is 0. The van der Waals surface area contributed by atoms with Crippen LogP contribution in [0.2, 0.25) is 0 Å². The Kier molecular flexibility index (Phi) is 46.2. The van der Waals surface area contributed by atoms with Gasteiger partial charge in [0.05, 0.1) is 25.4 Å². The van der Waals surface area contributed by atoms with Gasteiger partial charge in [0.2, 0.25) is 5.91 Å². The van der Waals surface area contributed by atoms with Gasteiger partial charge in [-0.15, -0.1) is 0 Å². The third-order valence-corrected chi connectivity index (χ3v) is 14.5. The van der Waals surface area contributed by atoms with Crippen LogP contribution in [0.3, 0.4) is 0 Å². The minimum Gasteiger partial charge on any atom is -0.394 e. The molecule has 1 heterocycles. The molecule has 1 rings (SSSR count). The van der Waals surface area contributed by atoms with E-state index in [-0.39, 0.29) is 6.42 Å². The van der Waals surface area contributed by atoms with Crippen molar-refractivity contribution in [2.45, 2.75) is 332 Å². The topological polar surface area (TPSA) is 189 Å². The van der Waals surface area contributed by atoms with E-state index in [4.69, 9.17) is 9.47 Å². The number of rotatable bonds is 51. The first kappa shape index (κ1) is 66.6. The maximum absolute atomic E-state index is 13.1. The van der Waals surface area contributed by atoms with Crippen molar-refractivity contribution in [3.05, 3.63) is 24.3 Å². The van der Waals surface area contributed by atoms with E-state index in [1.807, 2.05) is 0 Å². The zero-order chi connectivity index (χ0) is 51.1. The lowest BCUT2D eigenvalue weighted by atomic mass is 9.98. The highest BCUT2D eigenvalue weighted by Gasteiger charge is 2.44. The Balaban J connectivity index is 2.24. The predicted molar refractivity (Wildman–Crippen MR) is 289 cm³/mol. The van der Waals surface area contributed by atoms with Crippen LogP contribution in [0.4, 0.5) is 0 Å². The van der Waals surface area contributed by atoms with Gasteiger partial charge >= 0.3 is 0 Å². The average molecular weight is 997 g/mol. The number of nitrogens with one attached hydrogen (secondary N) is 1. The van der Waals surface area contributed by atoms with Crippen molar-refractivity contribution in [1.82, 2.24) is 5.32 Å². The predicted octanol–water partition coefficient (Wildman–Crippen LogP) is 12.5. The van der Waals surface area contributed by atoms with Crippen LogP contribution >= 0.6 is 0 Å². The van der Waals surface area contributed by atoms with E-state index in [2.05, 4.69) is 43.5 Å². The molecule has 1 amide bonds. The largest absolute Gasteiger partial charge is 0.394 e. The number of carbonyl (C=O) groups is 1. The number of hydrogen-bond acceptors (Lipinski definition) is 10. The highest BCUT2D eigenvalue weighted by molar-refractivity contribution is 5.80. The van der Waals surface area contributed by atoms with Gasteiger partial charge in [-0.3, -0.25) is 4.79 Å². The summed E-state index contributed by atoms with van der Waals surface area (Å²) in [6.07, 6.45) is 46.7. The summed E-state index contributed by atoms with van der Waals surface area (Å²) in [6.45, 7) is 3.44. The first-order valence-electron chi connectivity index (χ1n) is 29.8. The number of aliphatic hydroxyl groups is 7. The van der Waals surface area contributed by atoms with Crippen LogP contribution in [0.25, 0.3) is 0 Å². The van der Waals surface area contributed by atoms with E-state index in [1.165, 1.54) is 180 Å². The lowest BCUT2D eigenvalue weighted by Crippen LogP contribution is -2.60. The SMILES string of the molecule is CCCCC/C=C\C=C/CCCCCCCC(O)C(=O)NC(COC1OC(CO)C(O)C(O)C1O)C(O)C(O)CCCCCCCCCCCCCCCCCCCCCCCCCCCCCCC. The molecule has 0 aromatic carbocycles. The van der Waals surface area contributed by atoms with Crippen molar-refractivity contribution < 1.29 is 50.0 Å². The second-order valence-corrected chi connectivity index (χ2v) is 21.1. The van der Waals surface area contributed by atoms with Crippen molar-refractivity contribution >= 4 is 5.91 Å². The van der Waals surface area contributed by atoms with Crippen LogP contribution in [0.15, 0.2) is 24.3 Å². The fourth-order valence-corrected chi connectivity index (χ4v) is 9.67. The smallest absolute Gasteiger partial charge is 0.249 e. The van der Waals surface area contributed by atoms with E-state index in [0.29, 0.717) is 19.3 Å². The number of carbonyl (C=O) groups excluding carboxylic acids is 1. The van der Waals surface area contributed by atoms with Gasteiger partial charge in [-0.2, -0.15) is 0 Å². The minimum atomic E-state index is -1.66. The number of unbranched alkanes of at least 4 members (excludes halogenated alkanes) is 36. The van der Waals surface area contributed by atoms with Crippen LogP contribution < -0.4 is 5.32 Å². The Morgan fingerprint density at radius 3 is 1.27 bits per heavy atom. The molecule has 1 saturated heterocycles. The second kappa shape index (κ2) is 48.5. The lowest BCUT2D eigenvalue weighted by Gasteiger charge is -2.40. The monoisotopic (exact) mass is 996 g/mol. The molecule has 0 spiro atoms. The van der Waals surface area contributed by atoms with Crippen LogP contribution in [0.5, 0.6) is 0 Å². The van der Waals surface area contributed by atoms with Gasteiger partial charge in [-0.05, 0) is 38.5 Å². The fraction of sp³-hybridized carbons (Fsp3) is 0.915. The van der Waals surface area contributed by atoms with E-state index in [0.717, 1.165) is 57.8 Å². The first-order valence-corrected chi connectivity index (χ1v) is 29.8. The molecule has 0 saturated carbocycles. The molecule has 11 heteroatoms. The molecule has 70 heavy (non-hydrogen) atoms. The van der Waals surface area contributed by atoms with Crippen molar-refractivity contribution in [3.63, 3.8) is 0 Å². The zero-order valence-corrected chi connectivity index (χ0v) is 45.3. The average Bonchev–Trinajstić information content (AvgIpc) is 3.36. The highest BCUT2D eigenvalue weighted by Crippen LogP contribution is 2.24. The van der Waals surface area contributed by atoms with Gasteiger partial charge in [0.1, 0.15) is 36.6 Å². The fourth-order valence-electron chi connectivity index (χ4n) is 9.67. The maximum atomic E-state index is 13.1. The third-order valence-electron chi connectivity index (χ3n) is 14.5. The molecule has 414 valence electrons. The molecule has 9 atom stereocenters. The van der Waals surface area contributed by atoms with Crippen LogP contribution in [0, 0.1) is 0 Å². The third kappa shape index (κ3) is 36.5. The Bertz CT molecular complexity index is 1190. The van der Waals surface area contributed by atoms with Crippen LogP contribution in [0.1, 0.15) is 277 Å². The molecule has 0 bridgehead atoms. The first-order chi connectivity index (χ1) is 34.2. The van der Waals surface area contributed by atoms with E-state index < -0.39 is 74.2 Å². The summed E-state index contributed by atoms with van der Waals surface area (Å²) in [7, 11) is 0. The standard InChI is InChI=1S/C59H113NO10/c1-3-5-7-9-11-13-15-17-19-20-21-22-23-24-25-26-27-28-29-30-31-32-33-35-36-38-40-42-44-46-51(62)54(64)50(49-69-59-57(67)56(66)55(65)53(48-61)70-59)60-58(68)52(63)47-45-43-41-39-37-34-18-16-14-12-10-8-6-4-2/h12,14,16,18,50-57,59,61-67H,3-11,13,15,17,19-49H2,1-2H3,(H,60,68)/b14-12-,18-16-. The summed E-state index contributed by atoms with van der Waals surface area (Å²) < 4.78 is 11.1. The second-order valence-electron chi connectivity index (χ2n) is 21.1. The van der Waals surface area contributed by atoms with Crippen molar-refractivity contribution in [3.8, 4) is 0 Å². The molecule has 1 aliphatic rings. The molecule has 1 aliphatic heterocycles. The van der Waals surface area contributed by atoms with Gasteiger partial charge in [-0.25, -0.2) is 0 Å². The molecule has 0 aliphatic carbocycles. The Hall–Kier alpha value is -1.41. The number of aliphatic hydroxyl groups excluding tert-OH is 7. The minimum absolute atomic E-state index is 0.243. The molecule has 11 nitrogen and oxygen atoms in total. The molecule has 9 unspecified atom stereocenters. The van der Waals surface area contributed by atoms with E-state index >= 15 is 0 Å². The Morgan fingerprint density at radius 2 is 0.857 bits per heavy atom. The number of hydrogen-bond donors (Lipinski definition) is 8. The zero-order valence-electron chi connectivity index (χ0n) is 45.3. The molecular formula is C59H113NO10. The Morgan fingerprint density at radius 1 is 0.500 bits per heavy atom. The molecule has 0 aromatic rings. The number of ether oxygens (including phenoxy) is 2. The van der Waals surface area contributed by atoms with Crippen molar-refractivity contribution in [2.75, 3.05) is 13.2 Å². The van der Waals surface area contributed by atoms with Crippen molar-refractivity contribution in [2.24, 2.45) is 0 Å². The molecular weight excluding hydrogens is 883 g/mol. The maximum Gasteiger partial charge on any atom is 0.249 e. The van der Waals surface area contributed by atoms with Crippen LogP contribution in [-0.2, 0) is 14.3 Å². The summed E-state index contributed by atoms with van der Waals surface area (Å²) >= 11 is 0. The van der Waals surface area contributed by atoms with E-state index in [9.17, 15) is 40.5 Å². The van der Waals surface area contributed by atoms with E-state index in [1.54, 1.807) is 0 Å². The number of amides is 1. The molecule has 1 fully saturated rings. The Labute approximate surface area is 429 Å². The number of allylic oxidation sites excluding steroid dienone is 4. The summed E-state index contributed by atoms with van der Waals surface area (Å²) in [5.74, 6) is -0.706. The van der Waals surface area contributed by atoms with Gasteiger partial charge in [0.25, 0.3) is 0 Å². The van der Waals surface area contributed by atoms with Gasteiger partial charge in [0, 0.05) is 0 Å².